The third-order valence-electron chi connectivity index (χ3n) is 2.40. The lowest BCUT2D eigenvalue weighted by Crippen LogP contribution is -2.42. The third kappa shape index (κ3) is 7.98. The summed E-state index contributed by atoms with van der Waals surface area (Å²) >= 11 is 0. The predicted molar refractivity (Wildman–Crippen MR) is 78.0 cm³/mol. The lowest BCUT2D eigenvalue weighted by atomic mass is 9.92. The zero-order valence-electron chi connectivity index (χ0n) is 12.3. The fourth-order valence-corrected chi connectivity index (χ4v) is 1.11. The average molecular weight is 315 g/mol. The van der Waals surface area contributed by atoms with Gasteiger partial charge in [0.25, 0.3) is 0 Å². The van der Waals surface area contributed by atoms with Crippen molar-refractivity contribution in [3.05, 3.63) is 38.0 Å². The summed E-state index contributed by atoms with van der Waals surface area (Å²) in [6.45, 7) is 8.14. The van der Waals surface area contributed by atoms with E-state index in [-0.39, 0.29) is 26.0 Å². The summed E-state index contributed by atoms with van der Waals surface area (Å²) in [4.78, 5) is 33.3. The normalized spacial score (nSPS) is 9.68. The number of aliphatic hydroxyl groups excluding tert-OH is 1. The smallest absolute Gasteiger partial charge is 0.330 e. The van der Waals surface area contributed by atoms with Gasteiger partial charge in [-0.2, -0.15) is 0 Å². The molecule has 0 amide bonds. The Morgan fingerprint density at radius 2 is 1.09 bits per heavy atom. The first kappa shape index (κ1) is 21.8. The van der Waals surface area contributed by atoms with E-state index in [1.807, 2.05) is 0 Å². The summed E-state index contributed by atoms with van der Waals surface area (Å²) in [7, 11) is 0. The minimum atomic E-state index is -1.28. The molecule has 0 aromatic rings. The van der Waals surface area contributed by atoms with Crippen molar-refractivity contribution in [1.29, 1.82) is 0 Å². The molecule has 0 aliphatic rings. The number of rotatable bonds is 10. The molecular weight excluding hydrogens is 294 g/mol. The van der Waals surface area contributed by atoms with Gasteiger partial charge >= 0.3 is 17.9 Å². The highest BCUT2D eigenvalue weighted by atomic mass is 16.6. The first-order valence-electron chi connectivity index (χ1n) is 5.91. The Hall–Kier alpha value is -2.45. The van der Waals surface area contributed by atoms with Gasteiger partial charge < -0.3 is 25.5 Å². The van der Waals surface area contributed by atoms with Crippen LogP contribution < -0.4 is 6.15 Å². The maximum absolute atomic E-state index is 11.1. The number of aliphatic hydroxyl groups is 1. The van der Waals surface area contributed by atoms with Gasteiger partial charge in [0, 0.05) is 18.2 Å². The standard InChI is InChI=1S/C14H18O7.H3N/c1-4-11(16)19-8-14(7-15,9-20-12(17)5-2)10-21-13(18)6-3;/h4-6,15H,1-3,7-10H2;1H3. The van der Waals surface area contributed by atoms with Crippen molar-refractivity contribution in [3.63, 3.8) is 0 Å². The van der Waals surface area contributed by atoms with Gasteiger partial charge in [0.05, 0.1) is 12.0 Å². The Labute approximate surface area is 128 Å². The van der Waals surface area contributed by atoms with Crippen molar-refractivity contribution >= 4 is 17.9 Å². The van der Waals surface area contributed by atoms with Crippen LogP contribution >= 0.6 is 0 Å². The molecule has 0 fully saturated rings. The van der Waals surface area contributed by atoms with Gasteiger partial charge in [-0.3, -0.25) is 0 Å². The maximum Gasteiger partial charge on any atom is 0.330 e. The molecule has 0 rings (SSSR count). The van der Waals surface area contributed by atoms with Gasteiger partial charge in [-0.1, -0.05) is 19.7 Å². The highest BCUT2D eigenvalue weighted by Gasteiger charge is 2.35. The predicted octanol–water partition coefficient (Wildman–Crippen LogP) is 0.315. The molecule has 4 N–H and O–H groups in total. The van der Waals surface area contributed by atoms with E-state index in [1.165, 1.54) is 0 Å². The van der Waals surface area contributed by atoms with Gasteiger partial charge in [-0.05, 0) is 0 Å². The number of carbonyl (C=O) groups is 3. The summed E-state index contributed by atoms with van der Waals surface area (Å²) in [5, 5.41) is 9.48. The fourth-order valence-electron chi connectivity index (χ4n) is 1.11. The topological polar surface area (TPSA) is 134 Å². The van der Waals surface area contributed by atoms with Crippen LogP contribution in [0.1, 0.15) is 0 Å². The third-order valence-corrected chi connectivity index (χ3v) is 2.40. The molecule has 0 saturated heterocycles. The molecule has 0 saturated carbocycles. The number of esters is 3. The van der Waals surface area contributed by atoms with Gasteiger partial charge in [-0.15, -0.1) is 0 Å². The summed E-state index contributed by atoms with van der Waals surface area (Å²) in [6.07, 6.45) is 2.81. The van der Waals surface area contributed by atoms with E-state index in [9.17, 15) is 19.5 Å². The van der Waals surface area contributed by atoms with E-state index in [0.717, 1.165) is 18.2 Å². The van der Waals surface area contributed by atoms with Crippen LogP contribution in [0.15, 0.2) is 38.0 Å². The minimum absolute atomic E-state index is 0. The summed E-state index contributed by atoms with van der Waals surface area (Å²) in [5.74, 6) is -2.17. The molecule has 0 atom stereocenters. The molecule has 0 unspecified atom stereocenters. The highest BCUT2D eigenvalue weighted by molar-refractivity contribution is 5.82. The average Bonchev–Trinajstić information content (AvgIpc) is 2.53. The molecule has 22 heavy (non-hydrogen) atoms. The van der Waals surface area contributed by atoms with Crippen molar-refractivity contribution < 1.29 is 33.7 Å². The van der Waals surface area contributed by atoms with Gasteiger partial charge in [0.15, 0.2) is 0 Å². The van der Waals surface area contributed by atoms with Gasteiger partial charge in [0.2, 0.25) is 0 Å². The van der Waals surface area contributed by atoms with Crippen molar-refractivity contribution in [3.8, 4) is 0 Å². The van der Waals surface area contributed by atoms with E-state index in [2.05, 4.69) is 19.7 Å². The SMILES string of the molecule is C=CC(=O)OCC(CO)(COC(=O)C=C)COC(=O)C=C.N. The second-order valence-corrected chi connectivity index (χ2v) is 4.09. The molecular formula is C14H21NO7. The number of hydrogen-bond acceptors (Lipinski definition) is 8. The molecule has 0 heterocycles. The van der Waals surface area contributed by atoms with Crippen molar-refractivity contribution in [2.24, 2.45) is 5.41 Å². The molecule has 8 heteroatoms. The molecule has 0 radical (unpaired) electrons. The van der Waals surface area contributed by atoms with Crippen LogP contribution in [0.2, 0.25) is 0 Å². The molecule has 0 spiro atoms. The Morgan fingerprint density at radius 3 is 1.27 bits per heavy atom. The van der Waals surface area contributed by atoms with Crippen LogP contribution in [0.5, 0.6) is 0 Å². The van der Waals surface area contributed by atoms with Crippen LogP contribution in [0, 0.1) is 5.41 Å². The van der Waals surface area contributed by atoms with Crippen molar-refractivity contribution in [2.75, 3.05) is 26.4 Å². The molecule has 8 nitrogen and oxygen atoms in total. The molecule has 124 valence electrons. The zero-order valence-corrected chi connectivity index (χ0v) is 12.3. The number of ether oxygens (including phenoxy) is 3. The van der Waals surface area contributed by atoms with Crippen molar-refractivity contribution in [2.45, 2.75) is 0 Å². The fraction of sp³-hybridized carbons (Fsp3) is 0.357. The van der Waals surface area contributed by atoms with Crippen molar-refractivity contribution in [1.82, 2.24) is 6.15 Å². The van der Waals surface area contributed by atoms with Crippen LogP contribution in [0.25, 0.3) is 0 Å². The Bertz CT molecular complexity index is 371. The first-order chi connectivity index (χ1) is 9.92. The molecule has 0 aliphatic carbocycles. The van der Waals surface area contributed by atoms with Crippen LogP contribution in [-0.2, 0) is 28.6 Å². The summed E-state index contributed by atoms with van der Waals surface area (Å²) < 4.78 is 14.5. The van der Waals surface area contributed by atoms with Crippen LogP contribution in [0.4, 0.5) is 0 Å². The molecule has 0 aromatic heterocycles. The Kier molecular flexibility index (Phi) is 11.2. The Morgan fingerprint density at radius 1 is 0.818 bits per heavy atom. The van der Waals surface area contributed by atoms with Gasteiger partial charge in [-0.25, -0.2) is 14.4 Å². The highest BCUT2D eigenvalue weighted by Crippen LogP contribution is 2.19. The lowest BCUT2D eigenvalue weighted by molar-refractivity contribution is -0.159. The largest absolute Gasteiger partial charge is 0.462 e. The van der Waals surface area contributed by atoms with E-state index in [4.69, 9.17) is 14.2 Å². The Balaban J connectivity index is 0. The van der Waals surface area contributed by atoms with E-state index >= 15 is 0 Å². The first-order valence-corrected chi connectivity index (χ1v) is 5.91. The zero-order chi connectivity index (χ0) is 16.3. The second kappa shape index (κ2) is 11.2. The molecule has 0 aliphatic heterocycles. The maximum atomic E-state index is 11.1. The van der Waals surface area contributed by atoms with E-state index in [1.54, 1.807) is 0 Å². The van der Waals surface area contributed by atoms with E-state index in [0.29, 0.717) is 0 Å². The summed E-state index contributed by atoms with van der Waals surface area (Å²) in [6, 6.07) is 0. The monoisotopic (exact) mass is 315 g/mol. The quantitative estimate of drug-likeness (QED) is 0.334. The molecule has 0 aromatic carbocycles. The summed E-state index contributed by atoms with van der Waals surface area (Å²) in [5.41, 5.74) is -1.28. The van der Waals surface area contributed by atoms with E-state index < -0.39 is 29.9 Å². The number of hydrogen-bond donors (Lipinski definition) is 2. The lowest BCUT2D eigenvalue weighted by Gasteiger charge is -2.29. The minimum Gasteiger partial charge on any atom is -0.462 e. The van der Waals surface area contributed by atoms with Crippen LogP contribution in [-0.4, -0.2) is 49.4 Å². The second-order valence-electron chi connectivity index (χ2n) is 4.09. The molecule has 0 bridgehead atoms. The van der Waals surface area contributed by atoms with Crippen LogP contribution in [0.3, 0.4) is 0 Å². The number of carbonyl (C=O) groups excluding carboxylic acids is 3. The van der Waals surface area contributed by atoms with Gasteiger partial charge in [0.1, 0.15) is 19.8 Å².